The Morgan fingerprint density at radius 1 is 1.28 bits per heavy atom. The number of alkyl halides is 1. The molecule has 3 aliphatic rings. The lowest BCUT2D eigenvalue weighted by molar-refractivity contribution is -0.150. The number of carboxylic acid groups (broad SMARTS) is 1. The van der Waals surface area contributed by atoms with Gasteiger partial charge in [0.15, 0.2) is 0 Å². The molecule has 4 rings (SSSR count). The SMILES string of the molecule is C=CCN(C(=O)C1N([C@H](C)CO)C(=O)[C@@H]2[C@@H](C(=O)O)[C@@H]3OC12CC3Br)c1ccc(N(CC)CC)cc1. The summed E-state index contributed by atoms with van der Waals surface area (Å²) in [6.45, 7) is 11.2. The summed E-state index contributed by atoms with van der Waals surface area (Å²) in [5.74, 6) is -4.02. The number of aliphatic carboxylic acids is 1. The van der Waals surface area contributed by atoms with Gasteiger partial charge in [-0.2, -0.15) is 0 Å². The van der Waals surface area contributed by atoms with E-state index >= 15 is 0 Å². The quantitative estimate of drug-likeness (QED) is 0.332. The summed E-state index contributed by atoms with van der Waals surface area (Å²) in [5.41, 5.74) is 0.377. The summed E-state index contributed by atoms with van der Waals surface area (Å²) in [7, 11) is 0. The number of carbonyl (C=O) groups is 3. The van der Waals surface area contributed by atoms with E-state index in [4.69, 9.17) is 4.74 Å². The molecule has 3 fully saturated rings. The van der Waals surface area contributed by atoms with Gasteiger partial charge in [0.25, 0.3) is 5.91 Å². The Morgan fingerprint density at radius 2 is 1.89 bits per heavy atom. The van der Waals surface area contributed by atoms with Crippen LogP contribution in [-0.2, 0) is 19.1 Å². The zero-order valence-electron chi connectivity index (χ0n) is 20.8. The fourth-order valence-electron chi connectivity index (χ4n) is 6.22. The molecule has 36 heavy (non-hydrogen) atoms. The second kappa shape index (κ2) is 10.1. The number of amides is 2. The molecule has 1 spiro atoms. The number of rotatable bonds is 10. The van der Waals surface area contributed by atoms with Crippen molar-refractivity contribution < 1.29 is 29.3 Å². The Labute approximate surface area is 219 Å². The van der Waals surface area contributed by atoms with Gasteiger partial charge in [0.2, 0.25) is 5.91 Å². The van der Waals surface area contributed by atoms with E-state index in [2.05, 4.69) is 41.3 Å². The molecule has 7 atom stereocenters. The minimum atomic E-state index is -1.29. The highest BCUT2D eigenvalue weighted by Crippen LogP contribution is 2.60. The van der Waals surface area contributed by atoms with Gasteiger partial charge >= 0.3 is 5.97 Å². The third-order valence-electron chi connectivity index (χ3n) is 7.85. The number of fused-ring (bicyclic) bond motifs is 1. The number of nitrogens with zero attached hydrogens (tertiary/aromatic N) is 3. The summed E-state index contributed by atoms with van der Waals surface area (Å²) in [5, 5.41) is 19.9. The van der Waals surface area contributed by atoms with E-state index in [-0.39, 0.29) is 23.9 Å². The minimum absolute atomic E-state index is 0.194. The first kappa shape index (κ1) is 26.6. The van der Waals surface area contributed by atoms with Crippen molar-refractivity contribution in [2.75, 3.05) is 36.0 Å². The highest BCUT2D eigenvalue weighted by Gasteiger charge is 2.77. The van der Waals surface area contributed by atoms with Crippen LogP contribution in [0.5, 0.6) is 0 Å². The summed E-state index contributed by atoms with van der Waals surface area (Å²) in [6.07, 6.45) is 1.23. The maximum Gasteiger partial charge on any atom is 0.310 e. The van der Waals surface area contributed by atoms with Gasteiger partial charge < -0.3 is 29.6 Å². The first-order valence-electron chi connectivity index (χ1n) is 12.4. The summed E-state index contributed by atoms with van der Waals surface area (Å²) in [6, 6.07) is 5.87. The molecule has 0 aliphatic carbocycles. The summed E-state index contributed by atoms with van der Waals surface area (Å²) < 4.78 is 6.29. The molecule has 0 saturated carbocycles. The number of hydrogen-bond donors (Lipinski definition) is 2. The first-order valence-corrected chi connectivity index (χ1v) is 13.3. The number of ether oxygens (including phenoxy) is 1. The van der Waals surface area contributed by atoms with Crippen LogP contribution in [-0.4, -0.2) is 87.8 Å². The van der Waals surface area contributed by atoms with E-state index in [1.165, 1.54) is 4.90 Å². The largest absolute Gasteiger partial charge is 0.481 e. The fourth-order valence-corrected chi connectivity index (χ4v) is 7.17. The van der Waals surface area contributed by atoms with Crippen LogP contribution in [0, 0.1) is 11.8 Å². The minimum Gasteiger partial charge on any atom is -0.481 e. The standard InChI is InChI=1S/C26H34BrN3O6/c1-5-12-29(17-10-8-16(9-11-17)28(6-2)7-3)24(33)22-26-13-18(27)21(36-26)19(25(34)35)20(26)23(32)30(22)15(4)14-31/h5,8-11,15,18-22,31H,1,6-7,12-14H2,2-4H3,(H,34,35)/t15-,18?,19-,20+,21-,22?,26?/m1/s1. The Kier molecular flexibility index (Phi) is 7.50. The molecule has 3 saturated heterocycles. The van der Waals surface area contributed by atoms with Crippen molar-refractivity contribution in [3.8, 4) is 0 Å². The molecule has 0 aromatic heterocycles. The molecular weight excluding hydrogens is 530 g/mol. The molecule has 2 bridgehead atoms. The predicted molar refractivity (Wildman–Crippen MR) is 139 cm³/mol. The average molecular weight is 564 g/mol. The van der Waals surface area contributed by atoms with Gasteiger partial charge in [0.05, 0.1) is 30.6 Å². The van der Waals surface area contributed by atoms with Crippen molar-refractivity contribution in [2.24, 2.45) is 11.8 Å². The lowest BCUT2D eigenvalue weighted by Crippen LogP contribution is -2.58. The Hall–Kier alpha value is -2.43. The molecule has 1 aromatic carbocycles. The summed E-state index contributed by atoms with van der Waals surface area (Å²) in [4.78, 5) is 45.0. The lowest BCUT2D eigenvalue weighted by atomic mass is 9.70. The van der Waals surface area contributed by atoms with E-state index in [1.807, 2.05) is 24.3 Å². The van der Waals surface area contributed by atoms with Crippen molar-refractivity contribution in [2.45, 2.75) is 55.8 Å². The number of halogens is 1. The number of hydrogen-bond acceptors (Lipinski definition) is 6. The molecule has 196 valence electrons. The molecule has 0 radical (unpaired) electrons. The maximum absolute atomic E-state index is 14.3. The monoisotopic (exact) mass is 563 g/mol. The molecule has 3 aliphatic heterocycles. The summed E-state index contributed by atoms with van der Waals surface area (Å²) >= 11 is 3.54. The predicted octanol–water partition coefficient (Wildman–Crippen LogP) is 2.27. The molecule has 2 N–H and O–H groups in total. The number of carbonyl (C=O) groups excluding carboxylic acids is 2. The smallest absolute Gasteiger partial charge is 0.310 e. The van der Waals surface area contributed by atoms with Crippen molar-refractivity contribution in [3.05, 3.63) is 36.9 Å². The van der Waals surface area contributed by atoms with Crippen LogP contribution in [0.1, 0.15) is 27.2 Å². The molecule has 3 heterocycles. The van der Waals surface area contributed by atoms with Gasteiger partial charge in [-0.25, -0.2) is 0 Å². The van der Waals surface area contributed by atoms with E-state index < -0.39 is 47.5 Å². The second-order valence-electron chi connectivity index (χ2n) is 9.71. The highest BCUT2D eigenvalue weighted by molar-refractivity contribution is 9.09. The Balaban J connectivity index is 1.77. The van der Waals surface area contributed by atoms with E-state index in [0.29, 0.717) is 12.1 Å². The molecule has 10 heteroatoms. The van der Waals surface area contributed by atoms with Crippen LogP contribution in [0.3, 0.4) is 0 Å². The van der Waals surface area contributed by atoms with E-state index in [0.717, 1.165) is 18.8 Å². The van der Waals surface area contributed by atoms with Crippen LogP contribution < -0.4 is 9.80 Å². The normalized spacial score (nSPS) is 31.3. The zero-order chi connectivity index (χ0) is 26.4. The van der Waals surface area contributed by atoms with Crippen molar-refractivity contribution in [1.29, 1.82) is 0 Å². The average Bonchev–Trinajstić information content (AvgIpc) is 3.46. The number of aliphatic hydroxyl groups excluding tert-OH is 1. The van der Waals surface area contributed by atoms with Gasteiger partial charge in [-0.3, -0.25) is 14.4 Å². The lowest BCUT2D eigenvalue weighted by Gasteiger charge is -2.38. The third-order valence-corrected chi connectivity index (χ3v) is 8.70. The molecule has 9 nitrogen and oxygen atoms in total. The van der Waals surface area contributed by atoms with Crippen LogP contribution >= 0.6 is 15.9 Å². The van der Waals surface area contributed by atoms with Gasteiger partial charge in [0, 0.05) is 35.8 Å². The van der Waals surface area contributed by atoms with Crippen LogP contribution in [0.2, 0.25) is 0 Å². The number of aliphatic hydroxyl groups is 1. The van der Waals surface area contributed by atoms with Gasteiger partial charge in [0.1, 0.15) is 11.6 Å². The maximum atomic E-state index is 14.3. The van der Waals surface area contributed by atoms with E-state index in [1.54, 1.807) is 17.9 Å². The van der Waals surface area contributed by atoms with Crippen LogP contribution in [0.4, 0.5) is 11.4 Å². The molecule has 3 unspecified atom stereocenters. The number of benzene rings is 1. The number of carboxylic acids is 1. The van der Waals surface area contributed by atoms with Crippen molar-refractivity contribution in [1.82, 2.24) is 4.90 Å². The molecular formula is C26H34BrN3O6. The fraction of sp³-hybridized carbons (Fsp3) is 0.577. The number of likely N-dealkylation sites (tertiary alicyclic amines) is 1. The zero-order valence-corrected chi connectivity index (χ0v) is 22.4. The molecule has 2 amide bonds. The highest BCUT2D eigenvalue weighted by atomic mass is 79.9. The third kappa shape index (κ3) is 3.94. The second-order valence-corrected chi connectivity index (χ2v) is 10.9. The van der Waals surface area contributed by atoms with Gasteiger partial charge in [-0.15, -0.1) is 6.58 Å². The van der Waals surface area contributed by atoms with Crippen molar-refractivity contribution >= 4 is 45.1 Å². The van der Waals surface area contributed by atoms with Crippen LogP contribution in [0.15, 0.2) is 36.9 Å². The number of anilines is 2. The van der Waals surface area contributed by atoms with Crippen LogP contribution in [0.25, 0.3) is 0 Å². The first-order chi connectivity index (χ1) is 17.2. The molecule has 1 aromatic rings. The van der Waals surface area contributed by atoms with Gasteiger partial charge in [-0.05, 0) is 51.5 Å². The Bertz CT molecular complexity index is 1030. The van der Waals surface area contributed by atoms with E-state index in [9.17, 15) is 24.6 Å². The topological polar surface area (TPSA) is 111 Å². The van der Waals surface area contributed by atoms with Gasteiger partial charge in [-0.1, -0.05) is 22.0 Å². The van der Waals surface area contributed by atoms with Crippen molar-refractivity contribution in [3.63, 3.8) is 0 Å². The Morgan fingerprint density at radius 3 is 2.42 bits per heavy atom.